The van der Waals surface area contributed by atoms with E-state index in [1.807, 2.05) is 4.90 Å². The molecule has 5 nitrogen and oxygen atoms in total. The number of hydrogen-bond acceptors (Lipinski definition) is 5. The molecule has 0 saturated carbocycles. The maximum atomic E-state index is 12.9. The molecule has 0 aliphatic carbocycles. The van der Waals surface area contributed by atoms with Gasteiger partial charge < -0.3 is 9.64 Å². The molecule has 0 amide bonds. The molecule has 8 heteroatoms. The summed E-state index contributed by atoms with van der Waals surface area (Å²) in [6, 6.07) is 3.60. The summed E-state index contributed by atoms with van der Waals surface area (Å²) in [5.41, 5.74) is 1.89. The third kappa shape index (κ3) is 3.95. The summed E-state index contributed by atoms with van der Waals surface area (Å²) in [5, 5.41) is 0. The first-order valence-electron chi connectivity index (χ1n) is 8.79. The van der Waals surface area contributed by atoms with Gasteiger partial charge in [0.05, 0.1) is 24.5 Å². The van der Waals surface area contributed by atoms with Gasteiger partial charge in [-0.3, -0.25) is 9.79 Å². The van der Waals surface area contributed by atoms with Gasteiger partial charge in [0.1, 0.15) is 5.82 Å². The van der Waals surface area contributed by atoms with E-state index < -0.39 is 11.7 Å². The fraction of sp³-hybridized carbons (Fsp3) is 0.421. The zero-order valence-corrected chi connectivity index (χ0v) is 14.6. The van der Waals surface area contributed by atoms with Crippen molar-refractivity contribution in [3.63, 3.8) is 0 Å². The first kappa shape index (κ1) is 17.9. The van der Waals surface area contributed by atoms with E-state index in [2.05, 4.69) is 9.98 Å². The minimum absolute atomic E-state index is 0.0167. The molecule has 0 atom stereocenters. The van der Waals surface area contributed by atoms with E-state index in [4.69, 9.17) is 4.74 Å². The van der Waals surface area contributed by atoms with Crippen LogP contribution in [0.3, 0.4) is 0 Å². The molecular formula is C19H18F3N3O2. The van der Waals surface area contributed by atoms with Crippen LogP contribution in [-0.4, -0.2) is 48.4 Å². The monoisotopic (exact) mass is 377 g/mol. The summed E-state index contributed by atoms with van der Waals surface area (Å²) in [7, 11) is 0. The van der Waals surface area contributed by atoms with Crippen molar-refractivity contribution in [1.29, 1.82) is 0 Å². The van der Waals surface area contributed by atoms with Gasteiger partial charge in [-0.2, -0.15) is 13.2 Å². The smallest absolute Gasteiger partial charge is 0.378 e. The van der Waals surface area contributed by atoms with E-state index in [0.29, 0.717) is 61.9 Å². The second-order valence-electron chi connectivity index (χ2n) is 6.80. The topological polar surface area (TPSA) is 54.3 Å². The van der Waals surface area contributed by atoms with Gasteiger partial charge in [-0.1, -0.05) is 0 Å². The molecule has 3 heterocycles. The number of carbonyl (C=O) groups is 1. The molecule has 3 aliphatic heterocycles. The lowest BCUT2D eigenvalue weighted by atomic mass is 10.0. The number of carbonyl (C=O) groups excluding carboxylic acids is 1. The fourth-order valence-corrected chi connectivity index (χ4v) is 3.47. The molecule has 27 heavy (non-hydrogen) atoms. The summed E-state index contributed by atoms with van der Waals surface area (Å²) < 4.78 is 43.9. The number of allylic oxidation sites excluding steroid dienone is 1. The van der Waals surface area contributed by atoms with Crippen LogP contribution in [0.15, 0.2) is 40.1 Å². The Bertz CT molecular complexity index is 865. The Hall–Kier alpha value is -2.48. The molecular weight excluding hydrogens is 359 g/mol. The van der Waals surface area contributed by atoms with E-state index in [1.165, 1.54) is 6.07 Å². The minimum Gasteiger partial charge on any atom is -0.378 e. The van der Waals surface area contributed by atoms with Crippen molar-refractivity contribution in [2.45, 2.75) is 25.4 Å². The van der Waals surface area contributed by atoms with Crippen LogP contribution in [0.2, 0.25) is 0 Å². The van der Waals surface area contributed by atoms with Crippen LogP contribution in [0.5, 0.6) is 0 Å². The molecule has 0 bridgehead atoms. The predicted octanol–water partition coefficient (Wildman–Crippen LogP) is 3.31. The number of aliphatic imine (C=N–C) groups is 2. The molecule has 0 unspecified atom stereocenters. The van der Waals surface area contributed by atoms with E-state index in [9.17, 15) is 18.0 Å². The highest BCUT2D eigenvalue weighted by Gasteiger charge is 2.32. The van der Waals surface area contributed by atoms with Gasteiger partial charge in [-0.05, 0) is 23.8 Å². The molecule has 1 fully saturated rings. The van der Waals surface area contributed by atoms with Gasteiger partial charge in [0.15, 0.2) is 5.78 Å². The lowest BCUT2D eigenvalue weighted by Crippen LogP contribution is -2.36. The van der Waals surface area contributed by atoms with Crippen LogP contribution in [0.25, 0.3) is 0 Å². The zero-order chi connectivity index (χ0) is 19.0. The molecule has 142 valence electrons. The average Bonchev–Trinajstić information content (AvgIpc) is 3.02. The largest absolute Gasteiger partial charge is 0.416 e. The number of ether oxygens (including phenoxy) is 1. The Balaban J connectivity index is 1.48. The molecule has 1 aromatic rings. The normalized spacial score (nSPS) is 20.2. The maximum absolute atomic E-state index is 12.9. The SMILES string of the molecule is O=C1C=C(N2CCOCC2)N=C(CC2=Nc3ccc(C(F)(F)F)cc3C2)C1. The number of morpholine rings is 1. The number of ketones is 1. The number of halogens is 3. The first-order valence-corrected chi connectivity index (χ1v) is 8.79. The van der Waals surface area contributed by atoms with Crippen molar-refractivity contribution in [3.05, 3.63) is 41.2 Å². The quantitative estimate of drug-likeness (QED) is 0.812. The molecule has 0 spiro atoms. The van der Waals surface area contributed by atoms with E-state index in [1.54, 1.807) is 6.08 Å². The van der Waals surface area contributed by atoms with Crippen LogP contribution in [0, 0.1) is 0 Å². The third-order valence-electron chi connectivity index (χ3n) is 4.76. The zero-order valence-electron chi connectivity index (χ0n) is 14.6. The van der Waals surface area contributed by atoms with Crippen LogP contribution in [0.1, 0.15) is 24.0 Å². The highest BCUT2D eigenvalue weighted by atomic mass is 19.4. The standard InChI is InChI=1S/C19H18F3N3O2/c20-19(21,22)13-1-2-17-12(7-13)8-14(23-17)9-15-10-16(26)11-18(24-15)25-3-5-27-6-4-25/h1-2,7,11H,3-6,8-10H2. The van der Waals surface area contributed by atoms with Crippen molar-refractivity contribution in [3.8, 4) is 0 Å². The van der Waals surface area contributed by atoms with Crippen molar-refractivity contribution in [1.82, 2.24) is 4.90 Å². The van der Waals surface area contributed by atoms with Crippen molar-refractivity contribution < 1.29 is 22.7 Å². The van der Waals surface area contributed by atoms with Crippen LogP contribution < -0.4 is 0 Å². The highest BCUT2D eigenvalue weighted by Crippen LogP contribution is 2.35. The minimum atomic E-state index is -4.37. The number of benzene rings is 1. The van der Waals surface area contributed by atoms with Crippen molar-refractivity contribution in [2.75, 3.05) is 26.3 Å². The molecule has 0 radical (unpaired) electrons. The maximum Gasteiger partial charge on any atom is 0.416 e. The average molecular weight is 377 g/mol. The van der Waals surface area contributed by atoms with Crippen LogP contribution in [0.4, 0.5) is 18.9 Å². The molecule has 0 N–H and O–H groups in total. The van der Waals surface area contributed by atoms with Gasteiger partial charge in [-0.15, -0.1) is 0 Å². The lowest BCUT2D eigenvalue weighted by Gasteiger charge is -2.30. The van der Waals surface area contributed by atoms with Crippen LogP contribution >= 0.6 is 0 Å². The number of fused-ring (bicyclic) bond motifs is 1. The highest BCUT2D eigenvalue weighted by molar-refractivity contribution is 6.16. The Morgan fingerprint density at radius 3 is 2.56 bits per heavy atom. The van der Waals surface area contributed by atoms with E-state index in [0.717, 1.165) is 17.8 Å². The lowest BCUT2D eigenvalue weighted by molar-refractivity contribution is -0.137. The first-order chi connectivity index (χ1) is 12.9. The summed E-state index contributed by atoms with van der Waals surface area (Å²) in [5.74, 6) is 0.622. The molecule has 1 saturated heterocycles. The summed E-state index contributed by atoms with van der Waals surface area (Å²) in [4.78, 5) is 23.1. The summed E-state index contributed by atoms with van der Waals surface area (Å²) >= 11 is 0. The van der Waals surface area contributed by atoms with Gasteiger partial charge >= 0.3 is 6.18 Å². The number of rotatable bonds is 3. The molecule has 0 aromatic heterocycles. The van der Waals surface area contributed by atoms with Crippen molar-refractivity contribution >= 4 is 22.9 Å². The number of alkyl halides is 3. The molecule has 4 rings (SSSR count). The second kappa shape index (κ2) is 6.92. The van der Waals surface area contributed by atoms with Gasteiger partial charge in [0.25, 0.3) is 0 Å². The third-order valence-corrected chi connectivity index (χ3v) is 4.76. The summed E-state index contributed by atoms with van der Waals surface area (Å²) in [6.07, 6.45) is -1.85. The molecule has 1 aromatic carbocycles. The van der Waals surface area contributed by atoms with Gasteiger partial charge in [0, 0.05) is 49.9 Å². The predicted molar refractivity (Wildman–Crippen MR) is 94.4 cm³/mol. The Labute approximate surface area is 154 Å². The van der Waals surface area contributed by atoms with E-state index in [-0.39, 0.29) is 12.2 Å². The van der Waals surface area contributed by atoms with Gasteiger partial charge in [-0.25, -0.2) is 4.99 Å². The van der Waals surface area contributed by atoms with E-state index >= 15 is 0 Å². The summed E-state index contributed by atoms with van der Waals surface area (Å²) in [6.45, 7) is 2.56. The molecule has 3 aliphatic rings. The Morgan fingerprint density at radius 1 is 1.07 bits per heavy atom. The van der Waals surface area contributed by atoms with Gasteiger partial charge in [0.2, 0.25) is 0 Å². The van der Waals surface area contributed by atoms with Crippen molar-refractivity contribution in [2.24, 2.45) is 9.98 Å². The Morgan fingerprint density at radius 2 is 1.81 bits per heavy atom. The Kier molecular flexibility index (Phi) is 4.59. The van der Waals surface area contributed by atoms with Crippen LogP contribution in [-0.2, 0) is 22.1 Å². The second-order valence-corrected chi connectivity index (χ2v) is 6.80. The fourth-order valence-electron chi connectivity index (χ4n) is 3.47. The number of hydrogen-bond donors (Lipinski definition) is 0. The number of nitrogens with zero attached hydrogens (tertiary/aromatic N) is 3.